The van der Waals surface area contributed by atoms with Crippen LogP contribution < -0.4 is 0 Å². The van der Waals surface area contributed by atoms with E-state index < -0.39 is 12.1 Å². The number of ether oxygens (including phenoxy) is 1. The Morgan fingerprint density at radius 3 is 2.54 bits per heavy atom. The van der Waals surface area contributed by atoms with Crippen molar-refractivity contribution in [1.82, 2.24) is 4.90 Å². The molecule has 0 aliphatic carbocycles. The second-order valence-corrected chi connectivity index (χ2v) is 6.55. The van der Waals surface area contributed by atoms with Gasteiger partial charge in [0.2, 0.25) is 0 Å². The Morgan fingerprint density at radius 2 is 1.77 bits per heavy atom. The molecule has 3 rings (SSSR count). The van der Waals surface area contributed by atoms with Crippen LogP contribution in [0.25, 0.3) is 6.08 Å². The van der Waals surface area contributed by atoms with Crippen LogP contribution >= 0.6 is 0 Å². The Kier molecular flexibility index (Phi) is 5.52. The average molecular weight is 349 g/mol. The van der Waals surface area contributed by atoms with Crippen molar-refractivity contribution >= 4 is 18.0 Å². The number of rotatable bonds is 4. The molecule has 0 fully saturated rings. The summed E-state index contributed by atoms with van der Waals surface area (Å²) in [4.78, 5) is 26.4. The van der Waals surface area contributed by atoms with Crippen LogP contribution in [0.4, 0.5) is 0 Å². The summed E-state index contributed by atoms with van der Waals surface area (Å²) >= 11 is 0. The molecule has 0 saturated carbocycles. The molecule has 0 saturated heterocycles. The van der Waals surface area contributed by atoms with E-state index in [9.17, 15) is 9.59 Å². The van der Waals surface area contributed by atoms with Crippen LogP contribution in [-0.2, 0) is 27.3 Å². The van der Waals surface area contributed by atoms with E-state index in [4.69, 9.17) is 4.74 Å². The second kappa shape index (κ2) is 8.00. The van der Waals surface area contributed by atoms with Gasteiger partial charge < -0.3 is 9.64 Å². The number of aryl methyl sites for hydroxylation is 1. The third-order valence-corrected chi connectivity index (χ3v) is 4.67. The maximum Gasteiger partial charge on any atom is 0.331 e. The van der Waals surface area contributed by atoms with Crippen LogP contribution in [0.15, 0.2) is 54.6 Å². The Hall–Kier alpha value is -2.88. The zero-order chi connectivity index (χ0) is 18.5. The van der Waals surface area contributed by atoms with Crippen LogP contribution in [0.2, 0.25) is 0 Å². The van der Waals surface area contributed by atoms with Crippen molar-refractivity contribution in [2.24, 2.45) is 0 Å². The predicted octanol–water partition coefficient (Wildman–Crippen LogP) is 3.52. The standard InChI is InChI=1S/C22H23NO3/c1-16-7-3-4-8-18(16)11-12-21(24)26-17(2)22(25)23-14-13-19-9-5-6-10-20(19)15-23/h3-12,17H,13-15H2,1-2H3/b12-11+/t17-/m1/s1. The maximum atomic E-state index is 12.6. The highest BCUT2D eigenvalue weighted by Gasteiger charge is 2.26. The van der Waals surface area contributed by atoms with Gasteiger partial charge in [0, 0.05) is 19.2 Å². The van der Waals surface area contributed by atoms with Crippen molar-refractivity contribution in [3.8, 4) is 0 Å². The largest absolute Gasteiger partial charge is 0.449 e. The number of hydrogen-bond acceptors (Lipinski definition) is 3. The molecular formula is C22H23NO3. The summed E-state index contributed by atoms with van der Waals surface area (Å²) in [5.74, 6) is -0.663. The molecule has 2 aromatic carbocycles. The molecule has 1 aliphatic rings. The Morgan fingerprint density at radius 1 is 1.08 bits per heavy atom. The van der Waals surface area contributed by atoms with Crippen molar-refractivity contribution in [1.29, 1.82) is 0 Å². The number of fused-ring (bicyclic) bond motifs is 1. The number of carbonyl (C=O) groups is 2. The van der Waals surface area contributed by atoms with E-state index in [1.807, 2.05) is 49.4 Å². The van der Waals surface area contributed by atoms with Gasteiger partial charge in [-0.15, -0.1) is 0 Å². The van der Waals surface area contributed by atoms with Crippen LogP contribution in [0, 0.1) is 6.92 Å². The minimum atomic E-state index is -0.797. The van der Waals surface area contributed by atoms with Gasteiger partial charge in [0.1, 0.15) is 0 Å². The van der Waals surface area contributed by atoms with E-state index in [0.29, 0.717) is 13.1 Å². The second-order valence-electron chi connectivity index (χ2n) is 6.55. The average Bonchev–Trinajstić information content (AvgIpc) is 2.66. The molecule has 1 amide bonds. The molecule has 0 radical (unpaired) electrons. The van der Waals surface area contributed by atoms with Crippen LogP contribution in [0.3, 0.4) is 0 Å². The summed E-state index contributed by atoms with van der Waals surface area (Å²) in [6.45, 7) is 4.82. The van der Waals surface area contributed by atoms with E-state index in [-0.39, 0.29) is 5.91 Å². The molecule has 0 unspecified atom stereocenters. The molecule has 1 atom stereocenters. The predicted molar refractivity (Wildman–Crippen MR) is 101 cm³/mol. The summed E-state index contributed by atoms with van der Waals surface area (Å²) in [6.07, 6.45) is 3.12. The Labute approximate surface area is 154 Å². The van der Waals surface area contributed by atoms with Gasteiger partial charge in [-0.25, -0.2) is 4.79 Å². The molecule has 4 heteroatoms. The maximum absolute atomic E-state index is 12.6. The van der Waals surface area contributed by atoms with Gasteiger partial charge in [-0.3, -0.25) is 4.79 Å². The first-order chi connectivity index (χ1) is 12.5. The minimum absolute atomic E-state index is 0.155. The van der Waals surface area contributed by atoms with E-state index >= 15 is 0 Å². The lowest BCUT2D eigenvalue weighted by Crippen LogP contribution is -2.42. The fourth-order valence-electron chi connectivity index (χ4n) is 3.14. The number of esters is 1. The molecule has 0 N–H and O–H groups in total. The zero-order valence-corrected chi connectivity index (χ0v) is 15.1. The van der Waals surface area contributed by atoms with E-state index in [0.717, 1.165) is 23.1 Å². The third kappa shape index (κ3) is 4.20. The molecule has 26 heavy (non-hydrogen) atoms. The molecule has 1 heterocycles. The van der Waals surface area contributed by atoms with Crippen LogP contribution in [-0.4, -0.2) is 29.4 Å². The molecule has 134 valence electrons. The quantitative estimate of drug-likeness (QED) is 0.627. The van der Waals surface area contributed by atoms with E-state index in [1.54, 1.807) is 17.9 Å². The molecule has 0 bridgehead atoms. The summed E-state index contributed by atoms with van der Waals surface area (Å²) in [5.41, 5.74) is 4.47. The summed E-state index contributed by atoms with van der Waals surface area (Å²) < 4.78 is 5.30. The fraction of sp³-hybridized carbons (Fsp3) is 0.273. The first-order valence-corrected chi connectivity index (χ1v) is 8.84. The number of benzene rings is 2. The van der Waals surface area contributed by atoms with Gasteiger partial charge in [0.05, 0.1) is 0 Å². The first-order valence-electron chi connectivity index (χ1n) is 8.84. The summed E-state index contributed by atoms with van der Waals surface area (Å²) in [5, 5.41) is 0. The number of carbonyl (C=O) groups excluding carboxylic acids is 2. The highest BCUT2D eigenvalue weighted by atomic mass is 16.5. The normalized spacial score (nSPS) is 14.8. The van der Waals surface area contributed by atoms with E-state index in [2.05, 4.69) is 6.07 Å². The number of nitrogens with zero attached hydrogens (tertiary/aromatic N) is 1. The van der Waals surface area contributed by atoms with Gasteiger partial charge in [-0.2, -0.15) is 0 Å². The molecule has 4 nitrogen and oxygen atoms in total. The van der Waals surface area contributed by atoms with Crippen LogP contribution in [0.1, 0.15) is 29.2 Å². The highest BCUT2D eigenvalue weighted by molar-refractivity contribution is 5.90. The molecule has 0 aromatic heterocycles. The smallest absolute Gasteiger partial charge is 0.331 e. The molecule has 0 spiro atoms. The van der Waals surface area contributed by atoms with Gasteiger partial charge in [0.25, 0.3) is 5.91 Å². The van der Waals surface area contributed by atoms with Crippen molar-refractivity contribution in [3.63, 3.8) is 0 Å². The zero-order valence-electron chi connectivity index (χ0n) is 15.1. The minimum Gasteiger partial charge on any atom is -0.449 e. The van der Waals surface area contributed by atoms with Gasteiger partial charge in [-0.05, 0) is 48.6 Å². The van der Waals surface area contributed by atoms with Crippen molar-refractivity contribution < 1.29 is 14.3 Å². The molecule has 1 aliphatic heterocycles. The van der Waals surface area contributed by atoms with Gasteiger partial charge in [-0.1, -0.05) is 48.5 Å². The third-order valence-electron chi connectivity index (χ3n) is 4.67. The lowest BCUT2D eigenvalue weighted by molar-refractivity contribution is -0.155. The lowest BCUT2D eigenvalue weighted by Gasteiger charge is -2.30. The monoisotopic (exact) mass is 349 g/mol. The van der Waals surface area contributed by atoms with Crippen LogP contribution in [0.5, 0.6) is 0 Å². The van der Waals surface area contributed by atoms with Gasteiger partial charge >= 0.3 is 5.97 Å². The van der Waals surface area contributed by atoms with E-state index in [1.165, 1.54) is 11.6 Å². The van der Waals surface area contributed by atoms with Crippen molar-refractivity contribution in [2.45, 2.75) is 32.9 Å². The first kappa shape index (κ1) is 17.9. The fourth-order valence-corrected chi connectivity index (χ4v) is 3.14. The number of amides is 1. The van der Waals surface area contributed by atoms with Gasteiger partial charge in [0.15, 0.2) is 6.10 Å². The molecule has 2 aromatic rings. The topological polar surface area (TPSA) is 46.6 Å². The lowest BCUT2D eigenvalue weighted by atomic mass is 9.99. The SMILES string of the molecule is Cc1ccccc1/C=C/C(=O)O[C@H](C)C(=O)N1CCc2ccccc2C1. The Bertz CT molecular complexity index is 841. The number of hydrogen-bond donors (Lipinski definition) is 0. The van der Waals surface area contributed by atoms with Crippen molar-refractivity contribution in [2.75, 3.05) is 6.54 Å². The summed E-state index contributed by atoms with van der Waals surface area (Å²) in [6, 6.07) is 15.9. The summed E-state index contributed by atoms with van der Waals surface area (Å²) in [7, 11) is 0. The Balaban J connectivity index is 1.58. The highest BCUT2D eigenvalue weighted by Crippen LogP contribution is 2.19. The van der Waals surface area contributed by atoms with Crippen molar-refractivity contribution in [3.05, 3.63) is 76.9 Å². The molecular weight excluding hydrogens is 326 g/mol.